The van der Waals surface area contributed by atoms with Gasteiger partial charge in [-0.3, -0.25) is 4.68 Å². The largest absolute Gasteiger partial charge is 0.490 e. The Morgan fingerprint density at radius 2 is 2.05 bits per heavy atom. The number of nitrogens with two attached hydrogens (primary N) is 1. The molecule has 1 aliphatic carbocycles. The van der Waals surface area contributed by atoms with E-state index in [-0.39, 0.29) is 0 Å². The summed E-state index contributed by atoms with van der Waals surface area (Å²) in [6, 6.07) is 4.51. The fraction of sp³-hybridized carbons (Fsp3) is 0.611. The molecule has 1 aliphatic rings. The van der Waals surface area contributed by atoms with Crippen LogP contribution in [-0.2, 0) is 6.54 Å². The Balaban J connectivity index is 1.77. The van der Waals surface area contributed by atoms with Crippen molar-refractivity contribution in [3.8, 4) is 5.75 Å². The third kappa shape index (κ3) is 3.27. The molecule has 0 bridgehead atoms. The van der Waals surface area contributed by atoms with Crippen molar-refractivity contribution in [1.29, 1.82) is 0 Å². The highest BCUT2D eigenvalue weighted by Gasteiger charge is 2.21. The van der Waals surface area contributed by atoms with E-state index in [9.17, 15) is 0 Å². The summed E-state index contributed by atoms with van der Waals surface area (Å²) in [6.45, 7) is 5.33. The molecule has 0 radical (unpaired) electrons. The van der Waals surface area contributed by atoms with E-state index in [1.807, 2.05) is 0 Å². The van der Waals surface area contributed by atoms with Gasteiger partial charge in [-0.2, -0.15) is 5.10 Å². The van der Waals surface area contributed by atoms with Crippen molar-refractivity contribution >= 4 is 10.9 Å². The van der Waals surface area contributed by atoms with E-state index in [4.69, 9.17) is 10.5 Å². The van der Waals surface area contributed by atoms with E-state index >= 15 is 0 Å². The topological polar surface area (TPSA) is 53.1 Å². The van der Waals surface area contributed by atoms with E-state index in [1.54, 1.807) is 0 Å². The van der Waals surface area contributed by atoms with E-state index in [2.05, 4.69) is 42.0 Å². The second-order valence-corrected chi connectivity index (χ2v) is 6.52. The van der Waals surface area contributed by atoms with Gasteiger partial charge >= 0.3 is 0 Å². The average Bonchev–Trinajstić information content (AvgIpc) is 2.94. The highest BCUT2D eigenvalue weighted by molar-refractivity contribution is 5.83. The van der Waals surface area contributed by atoms with E-state index in [1.165, 1.54) is 23.8 Å². The SMILES string of the molecule is CCCCn1cc2c(C)c(OC3CCC(N)CC3)ccc2n1. The fourth-order valence-corrected chi connectivity index (χ4v) is 3.21. The minimum absolute atomic E-state index is 0.311. The second-order valence-electron chi connectivity index (χ2n) is 6.52. The lowest BCUT2D eigenvalue weighted by Gasteiger charge is -2.27. The Labute approximate surface area is 132 Å². The molecule has 1 fully saturated rings. The number of rotatable bonds is 5. The summed E-state index contributed by atoms with van der Waals surface area (Å²) in [5, 5.41) is 5.86. The van der Waals surface area contributed by atoms with E-state index in [0.717, 1.165) is 43.5 Å². The fourth-order valence-electron chi connectivity index (χ4n) is 3.21. The predicted molar refractivity (Wildman–Crippen MR) is 90.2 cm³/mol. The summed E-state index contributed by atoms with van der Waals surface area (Å²) >= 11 is 0. The number of fused-ring (bicyclic) bond motifs is 1. The molecule has 2 N–H and O–H groups in total. The summed E-state index contributed by atoms with van der Waals surface area (Å²) < 4.78 is 8.30. The van der Waals surface area contributed by atoms with Crippen molar-refractivity contribution in [3.63, 3.8) is 0 Å². The average molecular weight is 301 g/mol. The van der Waals surface area contributed by atoms with Gasteiger partial charge in [0.25, 0.3) is 0 Å². The van der Waals surface area contributed by atoms with Crippen LogP contribution in [0.3, 0.4) is 0 Å². The lowest BCUT2D eigenvalue weighted by molar-refractivity contribution is 0.146. The van der Waals surface area contributed by atoms with Gasteiger partial charge in [0.1, 0.15) is 5.75 Å². The summed E-state index contributed by atoms with van der Waals surface area (Å²) in [6.07, 6.45) is 9.09. The summed E-state index contributed by atoms with van der Waals surface area (Å²) in [5.41, 5.74) is 8.24. The van der Waals surface area contributed by atoms with Crippen LogP contribution in [0.25, 0.3) is 10.9 Å². The Hall–Kier alpha value is -1.55. The number of nitrogens with zero attached hydrogens (tertiary/aromatic N) is 2. The van der Waals surface area contributed by atoms with Crippen LogP contribution in [0.2, 0.25) is 0 Å². The van der Waals surface area contributed by atoms with Gasteiger partial charge in [-0.05, 0) is 51.2 Å². The van der Waals surface area contributed by atoms with Gasteiger partial charge in [0.15, 0.2) is 0 Å². The predicted octanol–water partition coefficient (Wildman–Crippen LogP) is 3.79. The van der Waals surface area contributed by atoms with Crippen LogP contribution in [0.5, 0.6) is 5.75 Å². The molecule has 2 aromatic rings. The number of aromatic nitrogens is 2. The zero-order chi connectivity index (χ0) is 15.5. The smallest absolute Gasteiger partial charge is 0.123 e. The molecule has 0 unspecified atom stereocenters. The zero-order valence-electron chi connectivity index (χ0n) is 13.7. The van der Waals surface area contributed by atoms with Gasteiger partial charge in [-0.15, -0.1) is 0 Å². The standard InChI is InChI=1S/C18H27N3O/c1-3-4-11-21-12-16-13(2)18(10-9-17(16)20-21)22-15-7-5-14(19)6-8-15/h9-10,12,14-15H,3-8,11,19H2,1-2H3. The Morgan fingerprint density at radius 1 is 1.27 bits per heavy atom. The van der Waals surface area contributed by atoms with Crippen LogP contribution in [0, 0.1) is 6.92 Å². The molecule has 1 saturated carbocycles. The maximum Gasteiger partial charge on any atom is 0.123 e. The van der Waals surface area contributed by atoms with Crippen molar-refractivity contribution in [2.45, 2.75) is 71.1 Å². The molecule has 22 heavy (non-hydrogen) atoms. The van der Waals surface area contributed by atoms with Gasteiger partial charge in [0.2, 0.25) is 0 Å². The lowest BCUT2D eigenvalue weighted by Crippen LogP contribution is -2.31. The molecule has 0 saturated heterocycles. The number of hydrogen-bond donors (Lipinski definition) is 1. The molecule has 120 valence electrons. The molecule has 4 nitrogen and oxygen atoms in total. The summed E-state index contributed by atoms with van der Waals surface area (Å²) in [4.78, 5) is 0. The highest BCUT2D eigenvalue weighted by atomic mass is 16.5. The number of benzene rings is 1. The molecule has 4 heteroatoms. The molecule has 0 atom stereocenters. The highest BCUT2D eigenvalue weighted by Crippen LogP contribution is 2.30. The first-order valence-corrected chi connectivity index (χ1v) is 8.56. The number of aryl methyl sites for hydroxylation is 2. The normalized spacial score (nSPS) is 22.1. The maximum absolute atomic E-state index is 6.24. The minimum atomic E-state index is 0.311. The molecular weight excluding hydrogens is 274 g/mol. The number of hydrogen-bond acceptors (Lipinski definition) is 3. The summed E-state index contributed by atoms with van der Waals surface area (Å²) in [7, 11) is 0. The van der Waals surface area contributed by atoms with Gasteiger partial charge in [-0.25, -0.2) is 0 Å². The van der Waals surface area contributed by atoms with Crippen LogP contribution < -0.4 is 10.5 Å². The van der Waals surface area contributed by atoms with Crippen molar-refractivity contribution in [1.82, 2.24) is 9.78 Å². The molecule has 0 spiro atoms. The Kier molecular flexibility index (Phi) is 4.67. The summed E-state index contributed by atoms with van der Waals surface area (Å²) in [5.74, 6) is 1.00. The Bertz CT molecular complexity index is 627. The van der Waals surface area contributed by atoms with Crippen LogP contribution >= 0.6 is 0 Å². The van der Waals surface area contributed by atoms with Gasteiger partial charge < -0.3 is 10.5 Å². The van der Waals surface area contributed by atoms with Gasteiger partial charge in [0.05, 0.1) is 11.6 Å². The quantitative estimate of drug-likeness (QED) is 0.914. The second kappa shape index (κ2) is 6.69. The zero-order valence-corrected chi connectivity index (χ0v) is 13.7. The van der Waals surface area contributed by atoms with E-state index < -0.39 is 0 Å². The van der Waals surface area contributed by atoms with Crippen LogP contribution in [-0.4, -0.2) is 21.9 Å². The molecule has 3 rings (SSSR count). The van der Waals surface area contributed by atoms with Crippen LogP contribution in [0.15, 0.2) is 18.3 Å². The molecule has 0 amide bonds. The third-order valence-corrected chi connectivity index (χ3v) is 4.71. The minimum Gasteiger partial charge on any atom is -0.490 e. The van der Waals surface area contributed by atoms with Gasteiger partial charge in [0, 0.05) is 29.7 Å². The first-order chi connectivity index (χ1) is 10.7. The van der Waals surface area contributed by atoms with Crippen molar-refractivity contribution in [3.05, 3.63) is 23.9 Å². The monoisotopic (exact) mass is 301 g/mol. The Morgan fingerprint density at radius 3 is 2.77 bits per heavy atom. The van der Waals surface area contributed by atoms with Crippen molar-refractivity contribution in [2.75, 3.05) is 0 Å². The number of unbranched alkanes of at least 4 members (excludes halogenated alkanes) is 1. The van der Waals surface area contributed by atoms with Gasteiger partial charge in [-0.1, -0.05) is 13.3 Å². The number of ether oxygens (including phenoxy) is 1. The lowest BCUT2D eigenvalue weighted by atomic mass is 9.93. The third-order valence-electron chi connectivity index (χ3n) is 4.71. The molecule has 1 aromatic heterocycles. The molecule has 1 heterocycles. The van der Waals surface area contributed by atoms with E-state index in [0.29, 0.717) is 12.1 Å². The maximum atomic E-state index is 6.24. The first-order valence-electron chi connectivity index (χ1n) is 8.56. The molecule has 1 aromatic carbocycles. The van der Waals surface area contributed by atoms with Crippen molar-refractivity contribution in [2.24, 2.45) is 5.73 Å². The molecule has 0 aliphatic heterocycles. The van der Waals surface area contributed by atoms with Crippen LogP contribution in [0.1, 0.15) is 51.0 Å². The van der Waals surface area contributed by atoms with Crippen LogP contribution in [0.4, 0.5) is 0 Å². The van der Waals surface area contributed by atoms with Crippen molar-refractivity contribution < 1.29 is 4.74 Å². The molecular formula is C18H27N3O. The first kappa shape index (κ1) is 15.3.